The number of amides is 1. The third-order valence-electron chi connectivity index (χ3n) is 2.52. The summed E-state index contributed by atoms with van der Waals surface area (Å²) in [4.78, 5) is 10.8. The van der Waals surface area contributed by atoms with Crippen LogP contribution in [-0.2, 0) is 9.53 Å². The first kappa shape index (κ1) is 14.4. The highest BCUT2D eigenvalue weighted by Gasteiger charge is 2.17. The lowest BCUT2D eigenvalue weighted by Crippen LogP contribution is -2.36. The fourth-order valence-corrected chi connectivity index (χ4v) is 1.19. The van der Waals surface area contributed by atoms with Crippen molar-refractivity contribution in [2.45, 2.75) is 27.2 Å². The van der Waals surface area contributed by atoms with E-state index in [4.69, 9.17) is 10.5 Å². The Morgan fingerprint density at radius 2 is 2.13 bits per heavy atom. The zero-order valence-electron chi connectivity index (χ0n) is 10.3. The Bertz CT molecular complexity index is 193. The van der Waals surface area contributed by atoms with Crippen LogP contribution in [0.5, 0.6) is 0 Å². The molecule has 90 valence electrons. The normalized spacial score (nSPS) is 13.9. The second-order valence-corrected chi connectivity index (χ2v) is 4.84. The van der Waals surface area contributed by atoms with E-state index in [2.05, 4.69) is 19.2 Å². The Kier molecular flexibility index (Phi) is 6.52. The number of hydrogen-bond acceptors (Lipinski definition) is 3. The van der Waals surface area contributed by atoms with E-state index in [1.54, 1.807) is 7.11 Å². The molecule has 0 fully saturated rings. The third kappa shape index (κ3) is 7.33. The van der Waals surface area contributed by atoms with Gasteiger partial charge in [-0.3, -0.25) is 4.79 Å². The van der Waals surface area contributed by atoms with Crippen molar-refractivity contribution in [3.8, 4) is 0 Å². The van der Waals surface area contributed by atoms with Crippen LogP contribution in [0.1, 0.15) is 27.2 Å². The largest absolute Gasteiger partial charge is 0.385 e. The second kappa shape index (κ2) is 6.80. The Labute approximate surface area is 92.6 Å². The molecule has 0 heterocycles. The molecule has 0 aliphatic heterocycles. The van der Waals surface area contributed by atoms with Crippen LogP contribution in [0.25, 0.3) is 0 Å². The van der Waals surface area contributed by atoms with Crippen molar-refractivity contribution >= 4 is 5.91 Å². The first-order chi connectivity index (χ1) is 6.89. The van der Waals surface area contributed by atoms with E-state index in [0.717, 1.165) is 19.6 Å². The van der Waals surface area contributed by atoms with Crippen molar-refractivity contribution in [2.75, 3.05) is 26.8 Å². The molecule has 0 bridgehead atoms. The minimum atomic E-state index is -0.253. The fourth-order valence-electron chi connectivity index (χ4n) is 1.19. The van der Waals surface area contributed by atoms with Gasteiger partial charge in [0, 0.05) is 32.7 Å². The SMILES string of the molecule is COCCC(C)(C)CNCC(C)C(N)=O. The highest BCUT2D eigenvalue weighted by Crippen LogP contribution is 2.18. The van der Waals surface area contributed by atoms with Gasteiger partial charge in [-0.25, -0.2) is 0 Å². The van der Waals surface area contributed by atoms with E-state index < -0.39 is 0 Å². The van der Waals surface area contributed by atoms with E-state index in [1.807, 2.05) is 6.92 Å². The van der Waals surface area contributed by atoms with Gasteiger partial charge in [0.25, 0.3) is 0 Å². The number of rotatable bonds is 8. The average Bonchev–Trinajstić information content (AvgIpc) is 2.14. The van der Waals surface area contributed by atoms with Crippen LogP contribution in [0.15, 0.2) is 0 Å². The number of nitrogens with two attached hydrogens (primary N) is 1. The molecule has 0 rings (SSSR count). The molecule has 0 aromatic carbocycles. The standard InChI is InChI=1S/C11H24N2O2/c1-9(10(12)14)7-13-8-11(2,3)5-6-15-4/h9,13H,5-8H2,1-4H3,(H2,12,14). The van der Waals surface area contributed by atoms with Gasteiger partial charge in [-0.15, -0.1) is 0 Å². The number of hydrogen-bond donors (Lipinski definition) is 2. The molecule has 0 aromatic heterocycles. The molecule has 3 N–H and O–H groups in total. The molecule has 4 heteroatoms. The van der Waals surface area contributed by atoms with Crippen molar-refractivity contribution in [3.63, 3.8) is 0 Å². The molecular weight excluding hydrogens is 192 g/mol. The Hall–Kier alpha value is -0.610. The molecule has 15 heavy (non-hydrogen) atoms. The van der Waals surface area contributed by atoms with Crippen molar-refractivity contribution in [3.05, 3.63) is 0 Å². The van der Waals surface area contributed by atoms with Gasteiger partial charge < -0.3 is 15.8 Å². The monoisotopic (exact) mass is 216 g/mol. The first-order valence-corrected chi connectivity index (χ1v) is 5.38. The predicted octanol–water partition coefficient (Wildman–Crippen LogP) is 0.760. The summed E-state index contributed by atoms with van der Waals surface area (Å²) < 4.78 is 5.04. The molecule has 1 amide bonds. The van der Waals surface area contributed by atoms with E-state index >= 15 is 0 Å². The number of carbonyl (C=O) groups is 1. The lowest BCUT2D eigenvalue weighted by Gasteiger charge is -2.25. The molecule has 1 atom stereocenters. The fraction of sp³-hybridized carbons (Fsp3) is 0.909. The van der Waals surface area contributed by atoms with Crippen LogP contribution in [0.3, 0.4) is 0 Å². The van der Waals surface area contributed by atoms with Gasteiger partial charge in [-0.05, 0) is 11.8 Å². The summed E-state index contributed by atoms with van der Waals surface area (Å²) >= 11 is 0. The maximum Gasteiger partial charge on any atom is 0.221 e. The Balaban J connectivity index is 3.69. The highest BCUT2D eigenvalue weighted by atomic mass is 16.5. The molecule has 1 unspecified atom stereocenters. The minimum absolute atomic E-state index is 0.108. The minimum Gasteiger partial charge on any atom is -0.385 e. The molecule has 0 aliphatic rings. The lowest BCUT2D eigenvalue weighted by atomic mass is 9.89. The van der Waals surface area contributed by atoms with Crippen molar-refractivity contribution in [2.24, 2.45) is 17.1 Å². The molecule has 0 spiro atoms. The van der Waals surface area contributed by atoms with E-state index in [0.29, 0.717) is 6.54 Å². The summed E-state index contributed by atoms with van der Waals surface area (Å²) in [5.74, 6) is -0.361. The number of ether oxygens (including phenoxy) is 1. The zero-order valence-corrected chi connectivity index (χ0v) is 10.3. The van der Waals surface area contributed by atoms with Gasteiger partial charge in [0.15, 0.2) is 0 Å². The number of primary amides is 1. The van der Waals surface area contributed by atoms with Crippen LogP contribution in [-0.4, -0.2) is 32.7 Å². The molecule has 0 aliphatic carbocycles. The van der Waals surface area contributed by atoms with Crippen LogP contribution < -0.4 is 11.1 Å². The van der Waals surface area contributed by atoms with E-state index in [-0.39, 0.29) is 17.2 Å². The maximum absolute atomic E-state index is 10.8. The van der Waals surface area contributed by atoms with Gasteiger partial charge in [0.2, 0.25) is 5.91 Å². The van der Waals surface area contributed by atoms with E-state index in [1.165, 1.54) is 0 Å². The molecule has 4 nitrogen and oxygen atoms in total. The van der Waals surface area contributed by atoms with Gasteiger partial charge in [0.1, 0.15) is 0 Å². The van der Waals surface area contributed by atoms with Crippen molar-refractivity contribution in [1.29, 1.82) is 0 Å². The lowest BCUT2D eigenvalue weighted by molar-refractivity contribution is -0.121. The van der Waals surface area contributed by atoms with Crippen molar-refractivity contribution in [1.82, 2.24) is 5.32 Å². The third-order valence-corrected chi connectivity index (χ3v) is 2.52. The van der Waals surface area contributed by atoms with Gasteiger partial charge in [-0.2, -0.15) is 0 Å². The van der Waals surface area contributed by atoms with Crippen LogP contribution in [0, 0.1) is 11.3 Å². The summed E-state index contributed by atoms with van der Waals surface area (Å²) in [7, 11) is 1.71. The zero-order chi connectivity index (χ0) is 11.9. The summed E-state index contributed by atoms with van der Waals surface area (Å²) in [6.45, 7) is 8.46. The topological polar surface area (TPSA) is 64.3 Å². The van der Waals surface area contributed by atoms with Gasteiger partial charge >= 0.3 is 0 Å². The summed E-state index contributed by atoms with van der Waals surface area (Å²) in [6, 6.07) is 0. The molecule has 0 aromatic rings. The van der Waals surface area contributed by atoms with Gasteiger partial charge in [0.05, 0.1) is 0 Å². The smallest absolute Gasteiger partial charge is 0.221 e. The maximum atomic E-state index is 10.8. The van der Waals surface area contributed by atoms with Crippen LogP contribution >= 0.6 is 0 Å². The highest BCUT2D eigenvalue weighted by molar-refractivity contribution is 5.76. The Morgan fingerprint density at radius 3 is 2.60 bits per heavy atom. The quantitative estimate of drug-likeness (QED) is 0.629. The second-order valence-electron chi connectivity index (χ2n) is 4.84. The van der Waals surface area contributed by atoms with Crippen molar-refractivity contribution < 1.29 is 9.53 Å². The summed E-state index contributed by atoms with van der Waals surface area (Å²) in [5, 5.41) is 3.26. The summed E-state index contributed by atoms with van der Waals surface area (Å²) in [5.41, 5.74) is 5.35. The van der Waals surface area contributed by atoms with E-state index in [9.17, 15) is 4.79 Å². The first-order valence-electron chi connectivity index (χ1n) is 5.38. The molecular formula is C11H24N2O2. The molecule has 0 saturated heterocycles. The molecule has 0 saturated carbocycles. The van der Waals surface area contributed by atoms with Crippen LogP contribution in [0.4, 0.5) is 0 Å². The van der Waals surface area contributed by atoms with Gasteiger partial charge in [-0.1, -0.05) is 20.8 Å². The molecule has 0 radical (unpaired) electrons. The average molecular weight is 216 g/mol. The Morgan fingerprint density at radius 1 is 1.53 bits per heavy atom. The van der Waals surface area contributed by atoms with Crippen LogP contribution in [0.2, 0.25) is 0 Å². The summed E-state index contributed by atoms with van der Waals surface area (Å²) in [6.07, 6.45) is 1.00. The number of methoxy groups -OCH3 is 1. The predicted molar refractivity (Wildman–Crippen MR) is 61.5 cm³/mol. The number of nitrogens with one attached hydrogen (secondary N) is 1. The number of carbonyl (C=O) groups excluding carboxylic acids is 1.